The minimum atomic E-state index is -4.42. The number of aliphatic imine (C=N–C) groups is 1. The Labute approximate surface area is 127 Å². The summed E-state index contributed by atoms with van der Waals surface area (Å²) in [7, 11) is 1.48. The van der Waals surface area contributed by atoms with Gasteiger partial charge in [0.05, 0.1) is 11.5 Å². The minimum absolute atomic E-state index is 0.0586. The van der Waals surface area contributed by atoms with Gasteiger partial charge in [-0.05, 0) is 24.5 Å². The van der Waals surface area contributed by atoms with Gasteiger partial charge in [-0.3, -0.25) is 9.79 Å². The molecule has 0 spiro atoms. The lowest BCUT2D eigenvalue weighted by Gasteiger charge is -2.14. The summed E-state index contributed by atoms with van der Waals surface area (Å²) in [6.07, 6.45) is -3.29. The van der Waals surface area contributed by atoms with E-state index < -0.39 is 17.7 Å². The molecule has 2 atom stereocenters. The Morgan fingerprint density at radius 2 is 2.09 bits per heavy atom. The number of carbonyl (C=O) groups is 1. The van der Waals surface area contributed by atoms with Crippen molar-refractivity contribution in [1.29, 1.82) is 0 Å². The van der Waals surface area contributed by atoms with Gasteiger partial charge >= 0.3 is 6.18 Å². The molecule has 0 N–H and O–H groups in total. The van der Waals surface area contributed by atoms with Gasteiger partial charge in [-0.15, -0.1) is 0 Å². The zero-order valence-corrected chi connectivity index (χ0v) is 12.5. The number of carbonyl (C=O) groups excluding carboxylic acids is 1. The van der Waals surface area contributed by atoms with Crippen LogP contribution in [0.4, 0.5) is 13.2 Å². The summed E-state index contributed by atoms with van der Waals surface area (Å²) in [6.45, 7) is 2.00. The third kappa shape index (κ3) is 3.38. The van der Waals surface area contributed by atoms with Crippen molar-refractivity contribution in [2.24, 2.45) is 10.9 Å². The van der Waals surface area contributed by atoms with E-state index in [4.69, 9.17) is 4.74 Å². The molecule has 0 heterocycles. The number of alkyl halides is 3. The lowest BCUT2D eigenvalue weighted by atomic mass is 9.92. The topological polar surface area (TPSA) is 38.7 Å². The third-order valence-corrected chi connectivity index (χ3v) is 3.91. The molecule has 0 amide bonds. The SMILES string of the molecule is CCC1CC(=NCOC)C(c2cccc(C(F)(F)F)c2)C1=O. The van der Waals surface area contributed by atoms with Gasteiger partial charge in [0.15, 0.2) is 0 Å². The van der Waals surface area contributed by atoms with Crippen molar-refractivity contribution in [2.45, 2.75) is 31.9 Å². The van der Waals surface area contributed by atoms with Crippen molar-refractivity contribution in [2.75, 3.05) is 13.8 Å². The van der Waals surface area contributed by atoms with Crippen LogP contribution in [-0.4, -0.2) is 25.3 Å². The summed E-state index contributed by atoms with van der Waals surface area (Å²) in [4.78, 5) is 16.7. The molecule has 0 aromatic heterocycles. The maximum atomic E-state index is 12.9. The molecule has 1 aliphatic carbocycles. The lowest BCUT2D eigenvalue weighted by Crippen LogP contribution is -2.16. The van der Waals surface area contributed by atoms with E-state index in [1.165, 1.54) is 13.2 Å². The normalized spacial score (nSPS) is 24.2. The van der Waals surface area contributed by atoms with Crippen LogP contribution in [0.1, 0.15) is 36.8 Å². The lowest BCUT2D eigenvalue weighted by molar-refractivity contribution is -0.137. The predicted octanol–water partition coefficient (Wildman–Crippen LogP) is 3.83. The number of hydrogen-bond donors (Lipinski definition) is 0. The molecule has 22 heavy (non-hydrogen) atoms. The van der Waals surface area contributed by atoms with Gasteiger partial charge in [0.25, 0.3) is 0 Å². The molecule has 0 radical (unpaired) electrons. The Kier molecular flexibility index (Phi) is 5.01. The third-order valence-electron chi connectivity index (χ3n) is 3.91. The van der Waals surface area contributed by atoms with Crippen molar-refractivity contribution >= 4 is 11.5 Å². The van der Waals surface area contributed by atoms with Crippen molar-refractivity contribution in [3.8, 4) is 0 Å². The van der Waals surface area contributed by atoms with Crippen molar-refractivity contribution in [1.82, 2.24) is 0 Å². The Balaban J connectivity index is 2.41. The maximum absolute atomic E-state index is 12.9. The Morgan fingerprint density at radius 3 is 2.68 bits per heavy atom. The van der Waals surface area contributed by atoms with Crippen LogP contribution >= 0.6 is 0 Å². The monoisotopic (exact) mass is 313 g/mol. The van der Waals surface area contributed by atoms with E-state index in [0.29, 0.717) is 24.1 Å². The molecule has 3 nitrogen and oxygen atoms in total. The number of ketones is 1. The number of halogens is 3. The van der Waals surface area contributed by atoms with Crippen LogP contribution in [0, 0.1) is 5.92 Å². The van der Waals surface area contributed by atoms with E-state index in [2.05, 4.69) is 4.99 Å². The minimum Gasteiger partial charge on any atom is -0.363 e. The smallest absolute Gasteiger partial charge is 0.363 e. The highest BCUT2D eigenvalue weighted by molar-refractivity contribution is 6.16. The van der Waals surface area contributed by atoms with E-state index in [1.54, 1.807) is 6.07 Å². The largest absolute Gasteiger partial charge is 0.416 e. The average Bonchev–Trinajstić information content (AvgIpc) is 2.80. The fourth-order valence-electron chi connectivity index (χ4n) is 2.77. The number of methoxy groups -OCH3 is 1. The van der Waals surface area contributed by atoms with Crippen molar-refractivity contribution in [3.05, 3.63) is 35.4 Å². The quantitative estimate of drug-likeness (QED) is 0.847. The Bertz CT molecular complexity index is 581. The first-order chi connectivity index (χ1) is 10.4. The second-order valence-corrected chi connectivity index (χ2v) is 5.34. The molecule has 6 heteroatoms. The van der Waals surface area contributed by atoms with Gasteiger partial charge in [0.2, 0.25) is 0 Å². The number of nitrogens with zero attached hydrogens (tertiary/aromatic N) is 1. The van der Waals surface area contributed by atoms with E-state index in [9.17, 15) is 18.0 Å². The Hall–Kier alpha value is -1.69. The number of benzene rings is 1. The molecule has 1 aromatic carbocycles. The van der Waals surface area contributed by atoms with Gasteiger partial charge < -0.3 is 4.74 Å². The van der Waals surface area contributed by atoms with Crippen molar-refractivity contribution in [3.63, 3.8) is 0 Å². The number of rotatable bonds is 4. The van der Waals surface area contributed by atoms with Crippen LogP contribution in [0.3, 0.4) is 0 Å². The molecule has 1 aliphatic rings. The molecule has 120 valence electrons. The highest BCUT2D eigenvalue weighted by Gasteiger charge is 2.40. The van der Waals surface area contributed by atoms with Crippen LogP contribution in [-0.2, 0) is 15.7 Å². The zero-order chi connectivity index (χ0) is 16.3. The molecular formula is C16H18F3NO2. The van der Waals surface area contributed by atoms with Crippen LogP contribution < -0.4 is 0 Å². The molecule has 0 aliphatic heterocycles. The van der Waals surface area contributed by atoms with E-state index in [1.807, 2.05) is 6.92 Å². The average molecular weight is 313 g/mol. The molecule has 0 bridgehead atoms. The first kappa shape index (κ1) is 16.7. The predicted molar refractivity (Wildman–Crippen MR) is 76.9 cm³/mol. The van der Waals surface area contributed by atoms with Gasteiger partial charge in [0.1, 0.15) is 12.5 Å². The molecular weight excluding hydrogens is 295 g/mol. The van der Waals surface area contributed by atoms with Crippen LogP contribution in [0.25, 0.3) is 0 Å². The first-order valence-electron chi connectivity index (χ1n) is 7.11. The molecule has 2 unspecified atom stereocenters. The second-order valence-electron chi connectivity index (χ2n) is 5.34. The summed E-state index contributed by atoms with van der Waals surface area (Å²) >= 11 is 0. The van der Waals surface area contributed by atoms with E-state index in [-0.39, 0.29) is 18.4 Å². The van der Waals surface area contributed by atoms with Crippen LogP contribution in [0.15, 0.2) is 29.3 Å². The second kappa shape index (κ2) is 6.60. The number of ether oxygens (including phenoxy) is 1. The standard InChI is InChI=1S/C16H18F3NO2/c1-3-10-8-13(20-9-22-2)14(15(10)21)11-5-4-6-12(7-11)16(17,18)19/h4-7,10,14H,3,8-9H2,1-2H3. The van der Waals surface area contributed by atoms with Gasteiger partial charge in [-0.2, -0.15) is 13.2 Å². The highest BCUT2D eigenvalue weighted by Crippen LogP contribution is 2.37. The van der Waals surface area contributed by atoms with E-state index >= 15 is 0 Å². The molecule has 0 saturated heterocycles. The van der Waals surface area contributed by atoms with Crippen molar-refractivity contribution < 1.29 is 22.7 Å². The molecule has 2 rings (SSSR count). The number of Topliss-reactive ketones (excluding diaryl/α,β-unsaturated/α-hetero) is 1. The van der Waals surface area contributed by atoms with E-state index in [0.717, 1.165) is 12.1 Å². The summed E-state index contributed by atoms with van der Waals surface area (Å²) in [6, 6.07) is 4.94. The summed E-state index contributed by atoms with van der Waals surface area (Å²) in [5.74, 6) is -0.936. The van der Waals surface area contributed by atoms with Gasteiger partial charge in [0, 0.05) is 18.7 Å². The summed E-state index contributed by atoms with van der Waals surface area (Å²) in [5, 5.41) is 0. The van der Waals surface area contributed by atoms with Gasteiger partial charge in [-0.25, -0.2) is 0 Å². The summed E-state index contributed by atoms with van der Waals surface area (Å²) in [5.41, 5.74) is 0.215. The van der Waals surface area contributed by atoms with Crippen LogP contribution in [0.5, 0.6) is 0 Å². The fraction of sp³-hybridized carbons (Fsp3) is 0.500. The first-order valence-corrected chi connectivity index (χ1v) is 7.11. The van der Waals surface area contributed by atoms with Gasteiger partial charge in [-0.1, -0.05) is 25.1 Å². The summed E-state index contributed by atoms with van der Waals surface area (Å²) < 4.78 is 43.5. The molecule has 1 fully saturated rings. The molecule has 1 saturated carbocycles. The highest BCUT2D eigenvalue weighted by atomic mass is 19.4. The number of hydrogen-bond acceptors (Lipinski definition) is 3. The zero-order valence-electron chi connectivity index (χ0n) is 12.5. The maximum Gasteiger partial charge on any atom is 0.416 e. The fourth-order valence-corrected chi connectivity index (χ4v) is 2.77. The Morgan fingerprint density at radius 1 is 1.36 bits per heavy atom. The molecule has 1 aromatic rings. The van der Waals surface area contributed by atoms with Crippen LogP contribution in [0.2, 0.25) is 0 Å².